The number of nitrogens with one attached hydrogen (secondary N) is 2. The second kappa shape index (κ2) is 10.6. The summed E-state index contributed by atoms with van der Waals surface area (Å²) in [5.41, 5.74) is 2.84. The fourth-order valence-electron chi connectivity index (χ4n) is 3.77. The van der Waals surface area contributed by atoms with Gasteiger partial charge in [-0.1, -0.05) is 19.4 Å². The highest BCUT2D eigenvalue weighted by Gasteiger charge is 2.18. The molecule has 0 radical (unpaired) electrons. The molecule has 2 aromatic heterocycles. The number of anilines is 1. The first-order valence-corrected chi connectivity index (χ1v) is 12.9. The number of aryl methyl sites for hydroxylation is 1. The van der Waals surface area contributed by atoms with Gasteiger partial charge in [0.15, 0.2) is 0 Å². The summed E-state index contributed by atoms with van der Waals surface area (Å²) in [6, 6.07) is 18.3. The Bertz CT molecular complexity index is 1520. The third kappa shape index (κ3) is 5.38. The van der Waals surface area contributed by atoms with Gasteiger partial charge in [0.05, 0.1) is 34.7 Å². The Labute approximate surface area is 209 Å². The van der Waals surface area contributed by atoms with Gasteiger partial charge in [-0.3, -0.25) is 19.6 Å². The van der Waals surface area contributed by atoms with Crippen molar-refractivity contribution >= 4 is 27.2 Å². The highest BCUT2D eigenvalue weighted by atomic mass is 32.2. The number of benzene rings is 2. The summed E-state index contributed by atoms with van der Waals surface area (Å²) < 4.78 is 34.5. The van der Waals surface area contributed by atoms with Crippen LogP contribution in [0.15, 0.2) is 87.6 Å². The fraction of sp³-hybridized carbons (Fsp3) is 0.192. The summed E-state index contributed by atoms with van der Waals surface area (Å²) in [4.78, 5) is 22.0. The standard InChI is InChI=1S/C26H27N5O4S/c1-4-7-23-25(26(32)31(29-23)20-11-13-21(35-3)14-12-20)18(2)28-19-9-15-22(16-10-19)36(33,34)30-24-8-5-6-17-27-24/h5-6,8-17,29H,4,7H2,1-3H3,(H,27,30). The van der Waals surface area contributed by atoms with Crippen molar-refractivity contribution in [1.29, 1.82) is 0 Å². The molecule has 186 valence electrons. The number of pyridine rings is 1. The molecule has 0 fully saturated rings. The molecule has 36 heavy (non-hydrogen) atoms. The summed E-state index contributed by atoms with van der Waals surface area (Å²) in [5, 5.41) is 3.21. The van der Waals surface area contributed by atoms with Gasteiger partial charge in [-0.2, -0.15) is 0 Å². The van der Waals surface area contributed by atoms with E-state index in [1.807, 2.05) is 6.92 Å². The predicted octanol–water partition coefficient (Wildman–Crippen LogP) is 4.46. The first-order valence-electron chi connectivity index (χ1n) is 11.4. The van der Waals surface area contributed by atoms with Crippen LogP contribution in [0.25, 0.3) is 5.69 Å². The molecule has 0 bridgehead atoms. The molecule has 4 rings (SSSR count). The van der Waals surface area contributed by atoms with Gasteiger partial charge in [-0.25, -0.2) is 18.1 Å². The Morgan fingerprint density at radius 2 is 1.81 bits per heavy atom. The van der Waals surface area contributed by atoms with Crippen molar-refractivity contribution in [1.82, 2.24) is 14.8 Å². The van der Waals surface area contributed by atoms with Crippen molar-refractivity contribution in [2.45, 2.75) is 31.6 Å². The van der Waals surface area contributed by atoms with Crippen molar-refractivity contribution in [2.24, 2.45) is 4.99 Å². The summed E-state index contributed by atoms with van der Waals surface area (Å²) in [7, 11) is -2.20. The second-order valence-electron chi connectivity index (χ2n) is 8.07. The largest absolute Gasteiger partial charge is 0.497 e. The number of aliphatic imine (C=N–C) groups is 1. The molecule has 0 atom stereocenters. The lowest BCUT2D eigenvalue weighted by molar-refractivity contribution is 0.414. The number of sulfonamides is 1. The number of aromatic nitrogens is 3. The lowest BCUT2D eigenvalue weighted by atomic mass is 10.1. The quantitative estimate of drug-likeness (QED) is 0.326. The second-order valence-corrected chi connectivity index (χ2v) is 9.75. The fourth-order valence-corrected chi connectivity index (χ4v) is 4.78. The predicted molar refractivity (Wildman–Crippen MR) is 140 cm³/mol. The molecule has 0 aliphatic rings. The molecule has 0 saturated heterocycles. The van der Waals surface area contributed by atoms with Crippen molar-refractivity contribution in [3.63, 3.8) is 0 Å². The number of ether oxygens (including phenoxy) is 1. The highest BCUT2D eigenvalue weighted by molar-refractivity contribution is 7.92. The van der Waals surface area contributed by atoms with Crippen LogP contribution < -0.4 is 15.0 Å². The normalized spacial score (nSPS) is 11.9. The van der Waals surface area contributed by atoms with Crippen molar-refractivity contribution in [2.75, 3.05) is 11.8 Å². The number of methoxy groups -OCH3 is 1. The third-order valence-electron chi connectivity index (χ3n) is 5.51. The molecule has 9 nitrogen and oxygen atoms in total. The Morgan fingerprint density at radius 3 is 2.42 bits per heavy atom. The number of hydrogen-bond acceptors (Lipinski definition) is 6. The molecule has 2 aromatic carbocycles. The van der Waals surface area contributed by atoms with Crippen LogP contribution >= 0.6 is 0 Å². The molecule has 2 heterocycles. The zero-order chi connectivity index (χ0) is 25.7. The Morgan fingerprint density at radius 1 is 1.08 bits per heavy atom. The minimum Gasteiger partial charge on any atom is -0.497 e. The molecular formula is C26H27N5O4S. The SMILES string of the molecule is CCCc1[nH]n(-c2ccc(OC)cc2)c(=O)c1C(C)=Nc1ccc(S(=O)(=O)Nc2ccccn2)cc1. The van der Waals surface area contributed by atoms with E-state index in [4.69, 9.17) is 4.74 Å². The van der Waals surface area contributed by atoms with Crippen LogP contribution in [-0.2, 0) is 16.4 Å². The zero-order valence-electron chi connectivity index (χ0n) is 20.2. The Kier molecular flexibility index (Phi) is 7.35. The van der Waals surface area contributed by atoms with Crippen LogP contribution in [-0.4, -0.2) is 36.0 Å². The number of H-pyrrole nitrogens is 1. The van der Waals surface area contributed by atoms with Crippen molar-refractivity contribution in [3.8, 4) is 11.4 Å². The molecule has 0 spiro atoms. The lowest BCUT2D eigenvalue weighted by Gasteiger charge is -2.07. The molecular weight excluding hydrogens is 478 g/mol. The first-order chi connectivity index (χ1) is 17.3. The molecule has 0 unspecified atom stereocenters. The number of nitrogens with zero attached hydrogens (tertiary/aromatic N) is 3. The summed E-state index contributed by atoms with van der Waals surface area (Å²) in [6.07, 6.45) is 3.03. The van der Waals surface area contributed by atoms with Gasteiger partial charge in [-0.05, 0) is 74.0 Å². The van der Waals surface area contributed by atoms with E-state index in [9.17, 15) is 13.2 Å². The van der Waals surface area contributed by atoms with E-state index >= 15 is 0 Å². The summed E-state index contributed by atoms with van der Waals surface area (Å²) in [6.45, 7) is 3.81. The van der Waals surface area contributed by atoms with E-state index in [1.165, 1.54) is 23.0 Å². The Balaban J connectivity index is 1.63. The van der Waals surface area contributed by atoms with Gasteiger partial charge in [0.2, 0.25) is 0 Å². The van der Waals surface area contributed by atoms with Crippen LogP contribution in [0.1, 0.15) is 31.5 Å². The molecule has 4 aromatic rings. The van der Waals surface area contributed by atoms with Crippen LogP contribution in [0.2, 0.25) is 0 Å². The van der Waals surface area contributed by atoms with Crippen molar-refractivity contribution < 1.29 is 13.2 Å². The third-order valence-corrected chi connectivity index (χ3v) is 6.88. The molecule has 0 saturated carbocycles. The molecule has 0 aliphatic carbocycles. The monoisotopic (exact) mass is 505 g/mol. The zero-order valence-corrected chi connectivity index (χ0v) is 21.0. The average molecular weight is 506 g/mol. The van der Waals surface area contributed by atoms with E-state index in [0.29, 0.717) is 34.8 Å². The maximum atomic E-state index is 13.3. The van der Waals surface area contributed by atoms with E-state index in [0.717, 1.165) is 12.1 Å². The smallest absolute Gasteiger partial charge is 0.280 e. The topological polar surface area (TPSA) is 118 Å². The molecule has 10 heteroatoms. The molecule has 0 amide bonds. The van der Waals surface area contributed by atoms with Crippen LogP contribution in [0.3, 0.4) is 0 Å². The van der Waals surface area contributed by atoms with Gasteiger partial charge in [0, 0.05) is 11.9 Å². The van der Waals surface area contributed by atoms with Gasteiger partial charge in [0.25, 0.3) is 15.6 Å². The minimum atomic E-state index is -3.79. The average Bonchev–Trinajstić information content (AvgIpc) is 3.20. The van der Waals surface area contributed by atoms with Gasteiger partial charge in [0.1, 0.15) is 11.6 Å². The van der Waals surface area contributed by atoms with Crippen molar-refractivity contribution in [3.05, 3.63) is 94.5 Å². The molecule has 0 aliphatic heterocycles. The highest BCUT2D eigenvalue weighted by Crippen LogP contribution is 2.21. The van der Waals surface area contributed by atoms with E-state index in [1.54, 1.807) is 68.6 Å². The maximum absolute atomic E-state index is 13.3. The minimum absolute atomic E-state index is 0.0833. The van der Waals surface area contributed by atoms with Crippen LogP contribution in [0.5, 0.6) is 5.75 Å². The summed E-state index contributed by atoms with van der Waals surface area (Å²) in [5.74, 6) is 0.935. The van der Waals surface area contributed by atoms with Crippen LogP contribution in [0.4, 0.5) is 11.5 Å². The van der Waals surface area contributed by atoms with Gasteiger partial charge >= 0.3 is 0 Å². The lowest BCUT2D eigenvalue weighted by Crippen LogP contribution is -2.19. The van der Waals surface area contributed by atoms with Crippen LogP contribution in [0, 0.1) is 0 Å². The molecule has 2 N–H and O–H groups in total. The van der Waals surface area contributed by atoms with E-state index in [2.05, 4.69) is 19.8 Å². The van der Waals surface area contributed by atoms with Gasteiger partial charge in [-0.15, -0.1) is 0 Å². The number of rotatable bonds is 9. The van der Waals surface area contributed by atoms with Gasteiger partial charge < -0.3 is 4.74 Å². The number of aromatic amines is 1. The van der Waals surface area contributed by atoms with E-state index in [-0.39, 0.29) is 16.3 Å². The maximum Gasteiger partial charge on any atom is 0.280 e. The number of hydrogen-bond donors (Lipinski definition) is 2. The Hall–Kier alpha value is -4.18. The van der Waals surface area contributed by atoms with E-state index < -0.39 is 10.0 Å². The summed E-state index contributed by atoms with van der Waals surface area (Å²) >= 11 is 0. The first kappa shape index (κ1) is 24.9.